The lowest BCUT2D eigenvalue weighted by molar-refractivity contribution is 0.0713. The van der Waals surface area contributed by atoms with Crippen LogP contribution in [0.2, 0.25) is 0 Å². The highest BCUT2D eigenvalue weighted by Gasteiger charge is 2.24. The molecule has 0 spiro atoms. The van der Waals surface area contributed by atoms with Gasteiger partial charge in [0.1, 0.15) is 5.82 Å². The molecule has 1 unspecified atom stereocenters. The average molecular weight is 318 g/mol. The molecule has 2 aromatic rings. The van der Waals surface area contributed by atoms with Crippen LogP contribution in [-0.4, -0.2) is 29.9 Å². The quantitative estimate of drug-likeness (QED) is 0.922. The molecule has 0 saturated carbocycles. The van der Waals surface area contributed by atoms with Crippen LogP contribution < -0.4 is 5.73 Å². The van der Waals surface area contributed by atoms with Crippen LogP contribution in [-0.2, 0) is 0 Å². The minimum Gasteiger partial charge on any atom is -0.336 e. The van der Waals surface area contributed by atoms with Crippen molar-refractivity contribution in [2.75, 3.05) is 13.1 Å². The number of nitrogens with zero attached hydrogens (tertiary/aromatic N) is 1. The van der Waals surface area contributed by atoms with E-state index in [2.05, 4.69) is 0 Å². The predicted molar refractivity (Wildman–Crippen MR) is 87.6 cm³/mol. The van der Waals surface area contributed by atoms with E-state index in [9.17, 15) is 9.18 Å². The summed E-state index contributed by atoms with van der Waals surface area (Å²) in [4.78, 5) is 16.2. The molecule has 3 rings (SSSR count). The van der Waals surface area contributed by atoms with Crippen molar-refractivity contribution in [2.24, 2.45) is 5.73 Å². The number of hydrogen-bond acceptors (Lipinski definition) is 3. The number of carbonyl (C=O) groups is 1. The van der Waals surface area contributed by atoms with Gasteiger partial charge in [-0.3, -0.25) is 4.79 Å². The van der Waals surface area contributed by atoms with Crippen molar-refractivity contribution >= 4 is 17.2 Å². The molecule has 0 bridgehead atoms. The fourth-order valence-corrected chi connectivity index (χ4v) is 3.97. The minimum absolute atomic E-state index is 0.0524. The highest BCUT2D eigenvalue weighted by molar-refractivity contribution is 7.17. The fourth-order valence-electron chi connectivity index (χ4n) is 2.83. The van der Waals surface area contributed by atoms with Crippen molar-refractivity contribution in [3.8, 4) is 10.4 Å². The zero-order valence-corrected chi connectivity index (χ0v) is 13.3. The molecule has 1 amide bonds. The van der Waals surface area contributed by atoms with Crippen LogP contribution in [0.15, 0.2) is 30.3 Å². The summed E-state index contributed by atoms with van der Waals surface area (Å²) in [6, 6.07) is 8.39. The molecular weight excluding hydrogens is 299 g/mol. The zero-order valence-electron chi connectivity index (χ0n) is 12.5. The molecule has 1 fully saturated rings. The summed E-state index contributed by atoms with van der Waals surface area (Å²) >= 11 is 1.47. The Balaban J connectivity index is 1.85. The van der Waals surface area contributed by atoms with Crippen molar-refractivity contribution in [1.82, 2.24) is 4.90 Å². The van der Waals surface area contributed by atoms with Crippen LogP contribution in [0, 0.1) is 12.7 Å². The summed E-state index contributed by atoms with van der Waals surface area (Å²) < 4.78 is 13.0. The first kappa shape index (κ1) is 15.2. The third kappa shape index (κ3) is 3.05. The maximum Gasteiger partial charge on any atom is 0.264 e. The highest BCUT2D eigenvalue weighted by atomic mass is 32.1. The number of piperidine rings is 1. The average Bonchev–Trinajstić information content (AvgIpc) is 2.89. The van der Waals surface area contributed by atoms with Gasteiger partial charge in [-0.1, -0.05) is 12.1 Å². The predicted octanol–water partition coefficient (Wildman–Crippen LogP) is 3.43. The van der Waals surface area contributed by atoms with E-state index in [-0.39, 0.29) is 17.8 Å². The second-order valence-electron chi connectivity index (χ2n) is 5.78. The maximum atomic E-state index is 13.0. The summed E-state index contributed by atoms with van der Waals surface area (Å²) in [7, 11) is 0. The van der Waals surface area contributed by atoms with Gasteiger partial charge in [-0.15, -0.1) is 11.3 Å². The van der Waals surface area contributed by atoms with Gasteiger partial charge >= 0.3 is 0 Å². The summed E-state index contributed by atoms with van der Waals surface area (Å²) in [5.74, 6) is -0.201. The van der Waals surface area contributed by atoms with Crippen molar-refractivity contribution < 1.29 is 9.18 Å². The molecular formula is C17H19FN2OS. The Morgan fingerprint density at radius 1 is 1.36 bits per heavy atom. The van der Waals surface area contributed by atoms with Gasteiger partial charge in [-0.2, -0.15) is 0 Å². The molecule has 3 nitrogen and oxygen atoms in total. The Labute approximate surface area is 133 Å². The van der Waals surface area contributed by atoms with Gasteiger partial charge < -0.3 is 10.6 Å². The molecule has 1 aromatic carbocycles. The van der Waals surface area contributed by atoms with Crippen LogP contribution in [0.4, 0.5) is 4.39 Å². The van der Waals surface area contributed by atoms with E-state index < -0.39 is 0 Å². The number of likely N-dealkylation sites (tertiary alicyclic amines) is 1. The Morgan fingerprint density at radius 2 is 2.09 bits per heavy atom. The summed E-state index contributed by atoms with van der Waals surface area (Å²) in [5, 5.41) is 0. The summed E-state index contributed by atoms with van der Waals surface area (Å²) in [5.41, 5.74) is 7.94. The number of thiophene rings is 1. The third-order valence-electron chi connectivity index (χ3n) is 3.98. The van der Waals surface area contributed by atoms with E-state index >= 15 is 0 Å². The molecule has 0 radical (unpaired) electrons. The number of hydrogen-bond donors (Lipinski definition) is 1. The van der Waals surface area contributed by atoms with Crippen molar-refractivity contribution in [3.05, 3.63) is 46.6 Å². The smallest absolute Gasteiger partial charge is 0.264 e. The Morgan fingerprint density at radius 3 is 2.77 bits per heavy atom. The highest BCUT2D eigenvalue weighted by Crippen LogP contribution is 2.33. The van der Waals surface area contributed by atoms with Gasteiger partial charge in [0.15, 0.2) is 0 Å². The largest absolute Gasteiger partial charge is 0.336 e. The lowest BCUT2D eigenvalue weighted by Gasteiger charge is -2.30. The van der Waals surface area contributed by atoms with Gasteiger partial charge in [0, 0.05) is 24.0 Å². The summed E-state index contributed by atoms with van der Waals surface area (Å²) in [6.45, 7) is 3.38. The second-order valence-corrected chi connectivity index (χ2v) is 6.84. The van der Waals surface area contributed by atoms with Crippen molar-refractivity contribution in [3.63, 3.8) is 0 Å². The molecule has 22 heavy (non-hydrogen) atoms. The van der Waals surface area contributed by atoms with E-state index in [1.165, 1.54) is 23.5 Å². The van der Waals surface area contributed by atoms with E-state index in [0.717, 1.165) is 40.3 Å². The first-order valence-corrected chi connectivity index (χ1v) is 8.27. The molecule has 1 aliphatic rings. The summed E-state index contributed by atoms with van der Waals surface area (Å²) in [6.07, 6.45) is 1.94. The van der Waals surface area contributed by atoms with Gasteiger partial charge in [0.2, 0.25) is 0 Å². The normalized spacial score (nSPS) is 18.5. The van der Waals surface area contributed by atoms with Crippen LogP contribution >= 0.6 is 11.3 Å². The van der Waals surface area contributed by atoms with Gasteiger partial charge in [-0.05, 0) is 49.1 Å². The molecule has 1 aromatic heterocycles. The van der Waals surface area contributed by atoms with Crippen LogP contribution in [0.5, 0.6) is 0 Å². The van der Waals surface area contributed by atoms with E-state index in [4.69, 9.17) is 5.73 Å². The SMILES string of the molecule is Cc1cc(C(=O)N2CCCC(N)C2)sc1-c1ccc(F)cc1. The number of rotatable bonds is 2. The number of carbonyl (C=O) groups excluding carboxylic acids is 1. The van der Waals surface area contributed by atoms with Gasteiger partial charge in [0.05, 0.1) is 4.88 Å². The first-order valence-electron chi connectivity index (χ1n) is 7.46. The molecule has 5 heteroatoms. The lowest BCUT2D eigenvalue weighted by atomic mass is 10.1. The number of amides is 1. The molecule has 1 saturated heterocycles. The molecule has 1 aliphatic heterocycles. The number of halogens is 1. The monoisotopic (exact) mass is 318 g/mol. The Bertz CT molecular complexity index is 680. The van der Waals surface area contributed by atoms with Crippen LogP contribution in [0.25, 0.3) is 10.4 Å². The molecule has 1 atom stereocenters. The topological polar surface area (TPSA) is 46.3 Å². The standard InChI is InChI=1S/C17H19FN2OS/c1-11-9-15(17(21)20-8-2-3-14(19)10-20)22-16(11)12-4-6-13(18)7-5-12/h4-7,9,14H,2-3,8,10,19H2,1H3. The van der Waals surface area contributed by atoms with Crippen molar-refractivity contribution in [1.29, 1.82) is 0 Å². The molecule has 2 heterocycles. The second kappa shape index (κ2) is 6.18. The van der Waals surface area contributed by atoms with Crippen LogP contribution in [0.3, 0.4) is 0 Å². The lowest BCUT2D eigenvalue weighted by Crippen LogP contribution is -2.45. The van der Waals surface area contributed by atoms with Gasteiger partial charge in [-0.25, -0.2) is 4.39 Å². The number of nitrogens with two attached hydrogens (primary N) is 1. The van der Waals surface area contributed by atoms with E-state index in [1.54, 1.807) is 12.1 Å². The molecule has 0 aliphatic carbocycles. The Hall–Kier alpha value is -1.72. The molecule has 2 N–H and O–H groups in total. The number of aryl methyl sites for hydroxylation is 1. The third-order valence-corrected chi connectivity index (χ3v) is 5.25. The minimum atomic E-state index is -0.253. The Kier molecular flexibility index (Phi) is 4.27. The zero-order chi connectivity index (χ0) is 15.7. The van der Waals surface area contributed by atoms with E-state index in [1.807, 2.05) is 17.9 Å². The van der Waals surface area contributed by atoms with E-state index in [0.29, 0.717) is 6.54 Å². The van der Waals surface area contributed by atoms with Crippen LogP contribution in [0.1, 0.15) is 28.1 Å². The first-order chi connectivity index (χ1) is 10.5. The number of benzene rings is 1. The fraction of sp³-hybridized carbons (Fsp3) is 0.353. The van der Waals surface area contributed by atoms with Gasteiger partial charge in [0.25, 0.3) is 5.91 Å². The van der Waals surface area contributed by atoms with Crippen molar-refractivity contribution in [2.45, 2.75) is 25.8 Å². The maximum absolute atomic E-state index is 13.0. The molecule has 116 valence electrons.